The maximum Gasteiger partial charge on any atom is 0.237 e. The molecule has 0 saturated heterocycles. The molecule has 0 aliphatic rings. The van der Waals surface area contributed by atoms with Crippen LogP contribution >= 0.6 is 11.3 Å². The lowest BCUT2D eigenvalue weighted by molar-refractivity contribution is 0.383. The predicted octanol–water partition coefficient (Wildman–Crippen LogP) is 2.55. The third kappa shape index (κ3) is 2.52. The van der Waals surface area contributed by atoms with Crippen LogP contribution in [0.15, 0.2) is 23.2 Å². The van der Waals surface area contributed by atoms with Crippen molar-refractivity contribution >= 4 is 11.3 Å². The van der Waals surface area contributed by atoms with Gasteiger partial charge in [-0.25, -0.2) is 4.98 Å². The summed E-state index contributed by atoms with van der Waals surface area (Å²) in [7, 11) is 1.62. The van der Waals surface area contributed by atoms with Crippen LogP contribution in [0.3, 0.4) is 0 Å². The van der Waals surface area contributed by atoms with Crippen LogP contribution in [0, 0.1) is 6.92 Å². The molecule has 0 aliphatic carbocycles. The lowest BCUT2D eigenvalue weighted by Gasteiger charge is -2.19. The molecule has 0 bridgehead atoms. The Balaban J connectivity index is 2.45. The van der Waals surface area contributed by atoms with Crippen molar-refractivity contribution in [2.45, 2.75) is 19.9 Å². The summed E-state index contributed by atoms with van der Waals surface area (Å²) in [6.07, 6.45) is 3.34. The third-order valence-corrected chi connectivity index (χ3v) is 3.65. The summed E-state index contributed by atoms with van der Waals surface area (Å²) < 4.78 is 5.30. The Morgan fingerprint density at radius 1 is 1.33 bits per heavy atom. The molecule has 0 saturated carbocycles. The molecule has 96 valence electrons. The number of rotatable bonds is 5. The van der Waals surface area contributed by atoms with Gasteiger partial charge < -0.3 is 10.1 Å². The largest absolute Gasteiger partial charge is 0.480 e. The van der Waals surface area contributed by atoms with E-state index < -0.39 is 0 Å². The Morgan fingerprint density at radius 2 is 2.11 bits per heavy atom. The summed E-state index contributed by atoms with van der Waals surface area (Å²) in [5, 5.41) is 7.73. The van der Waals surface area contributed by atoms with Gasteiger partial charge in [-0.3, -0.25) is 4.98 Å². The Hall–Kier alpha value is -1.46. The molecule has 2 aromatic rings. The molecular formula is C13H17N3OS. The highest BCUT2D eigenvalue weighted by atomic mass is 32.1. The second-order valence-electron chi connectivity index (χ2n) is 3.95. The zero-order valence-electron chi connectivity index (χ0n) is 10.8. The van der Waals surface area contributed by atoms with Gasteiger partial charge in [0.1, 0.15) is 5.69 Å². The minimum Gasteiger partial charge on any atom is -0.480 e. The van der Waals surface area contributed by atoms with Gasteiger partial charge in [0.05, 0.1) is 13.2 Å². The van der Waals surface area contributed by atoms with Crippen LogP contribution in [0.2, 0.25) is 0 Å². The van der Waals surface area contributed by atoms with E-state index in [2.05, 4.69) is 39.9 Å². The van der Waals surface area contributed by atoms with Gasteiger partial charge >= 0.3 is 0 Å². The first kappa shape index (κ1) is 13.0. The zero-order chi connectivity index (χ0) is 13.0. The van der Waals surface area contributed by atoms with E-state index in [9.17, 15) is 0 Å². The van der Waals surface area contributed by atoms with Crippen molar-refractivity contribution in [1.29, 1.82) is 0 Å². The van der Waals surface area contributed by atoms with E-state index in [1.807, 2.05) is 0 Å². The van der Waals surface area contributed by atoms with Crippen molar-refractivity contribution in [3.63, 3.8) is 0 Å². The molecule has 0 fully saturated rings. The van der Waals surface area contributed by atoms with Crippen molar-refractivity contribution in [3.8, 4) is 5.88 Å². The average Bonchev–Trinajstić information content (AvgIpc) is 2.82. The van der Waals surface area contributed by atoms with Crippen molar-refractivity contribution in [1.82, 2.24) is 15.3 Å². The maximum absolute atomic E-state index is 5.30. The van der Waals surface area contributed by atoms with Crippen LogP contribution < -0.4 is 10.1 Å². The summed E-state index contributed by atoms with van der Waals surface area (Å²) in [6, 6.07) is 0.0323. The van der Waals surface area contributed by atoms with Gasteiger partial charge in [0.25, 0.3) is 0 Å². The van der Waals surface area contributed by atoms with Crippen molar-refractivity contribution in [3.05, 3.63) is 40.0 Å². The molecule has 1 atom stereocenters. The first-order valence-electron chi connectivity index (χ1n) is 5.88. The smallest absolute Gasteiger partial charge is 0.237 e. The second-order valence-corrected chi connectivity index (χ2v) is 4.70. The molecule has 1 N–H and O–H groups in total. The van der Waals surface area contributed by atoms with Crippen molar-refractivity contribution in [2.75, 3.05) is 13.7 Å². The summed E-state index contributed by atoms with van der Waals surface area (Å²) in [5.74, 6) is 0.578. The van der Waals surface area contributed by atoms with E-state index in [4.69, 9.17) is 4.74 Å². The summed E-state index contributed by atoms with van der Waals surface area (Å²) in [5.41, 5.74) is 3.34. The fourth-order valence-corrected chi connectivity index (χ4v) is 2.79. The molecule has 0 amide bonds. The number of ether oxygens (including phenoxy) is 1. The molecular weight excluding hydrogens is 246 g/mol. The van der Waals surface area contributed by atoms with Gasteiger partial charge in [-0.05, 0) is 35.4 Å². The number of hydrogen-bond acceptors (Lipinski definition) is 5. The number of methoxy groups -OCH3 is 1. The zero-order valence-corrected chi connectivity index (χ0v) is 11.6. The average molecular weight is 263 g/mol. The van der Waals surface area contributed by atoms with Crippen LogP contribution in [-0.4, -0.2) is 23.6 Å². The fourth-order valence-electron chi connectivity index (χ4n) is 1.92. The summed E-state index contributed by atoms with van der Waals surface area (Å²) in [6.45, 7) is 5.05. The number of nitrogens with one attached hydrogen (secondary N) is 1. The molecule has 0 spiro atoms. The van der Waals surface area contributed by atoms with E-state index in [0.717, 1.165) is 12.2 Å². The van der Waals surface area contributed by atoms with Crippen LogP contribution in [-0.2, 0) is 0 Å². The van der Waals surface area contributed by atoms with Crippen molar-refractivity contribution < 1.29 is 4.74 Å². The molecule has 2 heterocycles. The highest BCUT2D eigenvalue weighted by Crippen LogP contribution is 2.30. The molecule has 0 radical (unpaired) electrons. The molecule has 18 heavy (non-hydrogen) atoms. The van der Waals surface area contributed by atoms with E-state index in [0.29, 0.717) is 5.88 Å². The van der Waals surface area contributed by atoms with Gasteiger partial charge in [-0.2, -0.15) is 11.3 Å². The number of aryl methyl sites for hydroxylation is 1. The Kier molecular flexibility index (Phi) is 4.28. The maximum atomic E-state index is 5.30. The quantitative estimate of drug-likeness (QED) is 0.900. The van der Waals surface area contributed by atoms with Gasteiger partial charge in [0.2, 0.25) is 5.88 Å². The Labute approximate surface area is 111 Å². The molecule has 2 rings (SSSR count). The Morgan fingerprint density at radius 3 is 2.72 bits per heavy atom. The van der Waals surface area contributed by atoms with E-state index >= 15 is 0 Å². The first-order valence-corrected chi connectivity index (χ1v) is 6.83. The number of aromatic nitrogens is 2. The Bertz CT molecular complexity index is 512. The fraction of sp³-hybridized carbons (Fsp3) is 0.385. The molecule has 4 nitrogen and oxygen atoms in total. The summed E-state index contributed by atoms with van der Waals surface area (Å²) in [4.78, 5) is 8.64. The third-order valence-electron chi connectivity index (χ3n) is 2.77. The van der Waals surface area contributed by atoms with Gasteiger partial charge in [-0.1, -0.05) is 6.92 Å². The molecule has 5 heteroatoms. The number of hydrogen-bond donors (Lipinski definition) is 1. The van der Waals surface area contributed by atoms with E-state index in [1.54, 1.807) is 30.8 Å². The van der Waals surface area contributed by atoms with E-state index in [1.165, 1.54) is 11.1 Å². The molecule has 2 aromatic heterocycles. The minimum atomic E-state index is 0.0323. The van der Waals surface area contributed by atoms with Gasteiger partial charge in [0.15, 0.2) is 0 Å². The molecule has 0 aromatic carbocycles. The van der Waals surface area contributed by atoms with Gasteiger partial charge in [-0.15, -0.1) is 0 Å². The number of nitrogens with zero attached hydrogens (tertiary/aromatic N) is 2. The second kappa shape index (κ2) is 5.93. The topological polar surface area (TPSA) is 47.0 Å². The lowest BCUT2D eigenvalue weighted by atomic mass is 10.0. The van der Waals surface area contributed by atoms with Crippen LogP contribution in [0.1, 0.15) is 29.8 Å². The molecule has 1 unspecified atom stereocenters. The first-order chi connectivity index (χ1) is 8.77. The molecule has 0 aliphatic heterocycles. The van der Waals surface area contributed by atoms with Crippen LogP contribution in [0.4, 0.5) is 0 Å². The van der Waals surface area contributed by atoms with Crippen molar-refractivity contribution in [2.24, 2.45) is 0 Å². The van der Waals surface area contributed by atoms with Gasteiger partial charge in [0, 0.05) is 12.4 Å². The number of thiophene rings is 1. The van der Waals surface area contributed by atoms with Crippen LogP contribution in [0.5, 0.6) is 5.88 Å². The van der Waals surface area contributed by atoms with E-state index in [-0.39, 0.29) is 6.04 Å². The normalized spacial score (nSPS) is 12.4. The van der Waals surface area contributed by atoms with Crippen LogP contribution in [0.25, 0.3) is 0 Å². The lowest BCUT2D eigenvalue weighted by Crippen LogP contribution is -2.24. The monoisotopic (exact) mass is 263 g/mol. The SMILES string of the molecule is CCNC(c1cscc1C)c1nccnc1OC. The summed E-state index contributed by atoms with van der Waals surface area (Å²) >= 11 is 1.70. The minimum absolute atomic E-state index is 0.0323. The highest BCUT2D eigenvalue weighted by molar-refractivity contribution is 7.08. The predicted molar refractivity (Wildman–Crippen MR) is 73.2 cm³/mol. The highest BCUT2D eigenvalue weighted by Gasteiger charge is 2.21. The standard InChI is InChI=1S/C13H17N3OS/c1-4-14-11(10-8-18-7-9(10)2)12-13(17-3)16-6-5-15-12/h5-8,11,14H,4H2,1-3H3.